The predicted molar refractivity (Wildman–Crippen MR) is 84.8 cm³/mol. The highest BCUT2D eigenvalue weighted by Crippen LogP contribution is 2.26. The number of hydrogen-bond donors (Lipinski definition) is 1. The lowest BCUT2D eigenvalue weighted by molar-refractivity contribution is 0.102. The van der Waals surface area contributed by atoms with Gasteiger partial charge in [-0.15, -0.1) is 0 Å². The fourth-order valence-electron chi connectivity index (χ4n) is 1.72. The number of carbonyl (C=O) groups is 1. The Labute approximate surface area is 135 Å². The van der Waals surface area contributed by atoms with E-state index < -0.39 is 0 Å². The van der Waals surface area contributed by atoms with Gasteiger partial charge in [-0.2, -0.15) is 5.26 Å². The maximum absolute atomic E-state index is 12.2. The summed E-state index contributed by atoms with van der Waals surface area (Å²) >= 11 is 9.21. The van der Waals surface area contributed by atoms with E-state index in [1.807, 2.05) is 6.07 Å². The maximum atomic E-state index is 12.2. The number of benzene rings is 2. The van der Waals surface area contributed by atoms with Gasteiger partial charge in [0.15, 0.2) is 0 Å². The molecule has 0 bridgehead atoms. The van der Waals surface area contributed by atoms with Crippen LogP contribution in [-0.4, -0.2) is 13.0 Å². The van der Waals surface area contributed by atoms with Gasteiger partial charge >= 0.3 is 0 Å². The molecule has 0 unspecified atom stereocenters. The van der Waals surface area contributed by atoms with Crippen LogP contribution in [0.4, 0.5) is 5.69 Å². The molecule has 106 valence electrons. The van der Waals surface area contributed by atoms with Crippen LogP contribution in [0.25, 0.3) is 0 Å². The number of carbonyl (C=O) groups excluding carboxylic acids is 1. The second-order valence-corrected chi connectivity index (χ2v) is 5.40. The molecular weight excluding hydrogens is 356 g/mol. The first-order valence-corrected chi connectivity index (χ1v) is 7.07. The number of rotatable bonds is 3. The first kappa shape index (κ1) is 15.4. The highest BCUT2D eigenvalue weighted by molar-refractivity contribution is 9.10. The number of nitrogens with zero attached hydrogens (tertiary/aromatic N) is 1. The fraction of sp³-hybridized carbons (Fsp3) is 0.0667. The molecule has 1 amide bonds. The second kappa shape index (κ2) is 6.61. The van der Waals surface area contributed by atoms with Gasteiger partial charge in [0.25, 0.3) is 5.91 Å². The van der Waals surface area contributed by atoms with Gasteiger partial charge in [-0.25, -0.2) is 0 Å². The van der Waals surface area contributed by atoms with Gasteiger partial charge in [-0.3, -0.25) is 4.79 Å². The Morgan fingerprint density at radius 1 is 1.33 bits per heavy atom. The molecule has 0 spiro atoms. The fourth-order valence-corrected chi connectivity index (χ4v) is 2.43. The summed E-state index contributed by atoms with van der Waals surface area (Å²) in [5, 5.41) is 12.2. The summed E-state index contributed by atoms with van der Waals surface area (Å²) in [6, 6.07) is 11.7. The Bertz CT molecular complexity index is 741. The number of halogens is 2. The third-order valence-corrected chi connectivity index (χ3v) is 3.62. The minimum Gasteiger partial charge on any atom is -0.496 e. The molecule has 0 fully saturated rings. The first-order valence-electron chi connectivity index (χ1n) is 5.89. The van der Waals surface area contributed by atoms with Crippen LogP contribution in [0.15, 0.2) is 40.9 Å². The van der Waals surface area contributed by atoms with Crippen molar-refractivity contribution >= 4 is 39.1 Å². The van der Waals surface area contributed by atoms with Gasteiger partial charge < -0.3 is 10.1 Å². The zero-order chi connectivity index (χ0) is 15.4. The van der Waals surface area contributed by atoms with E-state index in [-0.39, 0.29) is 5.91 Å². The summed E-state index contributed by atoms with van der Waals surface area (Å²) in [4.78, 5) is 12.2. The van der Waals surface area contributed by atoms with E-state index in [0.717, 1.165) is 0 Å². The largest absolute Gasteiger partial charge is 0.496 e. The second-order valence-electron chi connectivity index (χ2n) is 4.11. The highest BCUT2D eigenvalue weighted by atomic mass is 79.9. The van der Waals surface area contributed by atoms with E-state index in [2.05, 4.69) is 21.2 Å². The van der Waals surface area contributed by atoms with E-state index in [9.17, 15) is 4.79 Å². The van der Waals surface area contributed by atoms with Gasteiger partial charge in [-0.1, -0.05) is 11.6 Å². The number of nitrogens with one attached hydrogen (secondary N) is 1. The summed E-state index contributed by atoms with van der Waals surface area (Å²) in [5.74, 6) is 0.295. The van der Waals surface area contributed by atoms with Crippen molar-refractivity contribution in [1.82, 2.24) is 0 Å². The molecule has 0 saturated heterocycles. The Hall–Kier alpha value is -2.03. The molecule has 0 radical (unpaired) electrons. The molecule has 0 heterocycles. The number of hydrogen-bond acceptors (Lipinski definition) is 3. The van der Waals surface area contributed by atoms with Crippen LogP contribution in [0.3, 0.4) is 0 Å². The molecular formula is C15H10BrClN2O2. The third-order valence-electron chi connectivity index (χ3n) is 2.76. The Morgan fingerprint density at radius 3 is 2.71 bits per heavy atom. The van der Waals surface area contributed by atoms with Crippen molar-refractivity contribution in [3.8, 4) is 11.8 Å². The van der Waals surface area contributed by atoms with Crippen LogP contribution < -0.4 is 10.1 Å². The van der Waals surface area contributed by atoms with Crippen molar-refractivity contribution < 1.29 is 9.53 Å². The van der Waals surface area contributed by atoms with E-state index in [1.165, 1.54) is 6.07 Å². The van der Waals surface area contributed by atoms with Crippen molar-refractivity contribution in [2.75, 3.05) is 12.4 Å². The molecule has 0 saturated carbocycles. The van der Waals surface area contributed by atoms with Gasteiger partial charge in [0.1, 0.15) is 11.8 Å². The van der Waals surface area contributed by atoms with E-state index in [0.29, 0.717) is 32.1 Å². The van der Waals surface area contributed by atoms with E-state index >= 15 is 0 Å². The van der Waals surface area contributed by atoms with Crippen molar-refractivity contribution in [2.24, 2.45) is 0 Å². The summed E-state index contributed by atoms with van der Waals surface area (Å²) in [6.45, 7) is 0. The standard InChI is InChI=1S/C15H10BrClN2O2/c1-21-14-5-3-9(6-12(14)16)15(20)19-13-7-11(17)4-2-10(13)8-18/h2-7H,1H3,(H,19,20). The molecule has 2 rings (SSSR count). The Kier molecular flexibility index (Phi) is 4.84. The van der Waals surface area contributed by atoms with Crippen molar-refractivity contribution in [3.63, 3.8) is 0 Å². The molecule has 0 aliphatic rings. The van der Waals surface area contributed by atoms with Crippen molar-refractivity contribution in [2.45, 2.75) is 0 Å². The Balaban J connectivity index is 2.28. The van der Waals surface area contributed by atoms with Crippen LogP contribution in [0.5, 0.6) is 5.75 Å². The van der Waals surface area contributed by atoms with Gasteiger partial charge in [0.2, 0.25) is 0 Å². The molecule has 4 nitrogen and oxygen atoms in total. The lowest BCUT2D eigenvalue weighted by atomic mass is 10.1. The summed E-state index contributed by atoms with van der Waals surface area (Å²) in [7, 11) is 1.55. The van der Waals surface area contributed by atoms with Crippen LogP contribution in [0.1, 0.15) is 15.9 Å². The summed E-state index contributed by atoms with van der Waals surface area (Å²) in [5.41, 5.74) is 1.16. The molecule has 0 aliphatic carbocycles. The third kappa shape index (κ3) is 3.54. The molecule has 2 aromatic carbocycles. The number of nitriles is 1. The molecule has 6 heteroatoms. The number of amides is 1. The lowest BCUT2D eigenvalue weighted by Gasteiger charge is -2.09. The quantitative estimate of drug-likeness (QED) is 0.885. The van der Waals surface area contributed by atoms with Crippen LogP contribution >= 0.6 is 27.5 Å². The monoisotopic (exact) mass is 364 g/mol. The van der Waals surface area contributed by atoms with Gasteiger partial charge in [0, 0.05) is 10.6 Å². The maximum Gasteiger partial charge on any atom is 0.255 e. The number of methoxy groups -OCH3 is 1. The molecule has 0 atom stereocenters. The molecule has 1 N–H and O–H groups in total. The zero-order valence-corrected chi connectivity index (χ0v) is 13.3. The van der Waals surface area contributed by atoms with Gasteiger partial charge in [-0.05, 0) is 52.3 Å². The minimum absolute atomic E-state index is 0.336. The first-order chi connectivity index (χ1) is 10.0. The van der Waals surface area contributed by atoms with Gasteiger partial charge in [0.05, 0.1) is 22.8 Å². The highest BCUT2D eigenvalue weighted by Gasteiger charge is 2.11. The van der Waals surface area contributed by atoms with Crippen molar-refractivity contribution in [3.05, 3.63) is 57.0 Å². The summed E-state index contributed by atoms with van der Waals surface area (Å²) < 4.78 is 5.78. The average Bonchev–Trinajstić information content (AvgIpc) is 2.47. The number of ether oxygens (including phenoxy) is 1. The number of anilines is 1. The average molecular weight is 366 g/mol. The van der Waals surface area contributed by atoms with Crippen LogP contribution in [-0.2, 0) is 0 Å². The zero-order valence-electron chi connectivity index (χ0n) is 11.0. The Morgan fingerprint density at radius 2 is 2.10 bits per heavy atom. The smallest absolute Gasteiger partial charge is 0.255 e. The van der Waals surface area contributed by atoms with Crippen molar-refractivity contribution in [1.29, 1.82) is 5.26 Å². The SMILES string of the molecule is COc1ccc(C(=O)Nc2cc(Cl)ccc2C#N)cc1Br. The normalized spacial score (nSPS) is 9.81. The predicted octanol–water partition coefficient (Wildman–Crippen LogP) is 4.24. The minimum atomic E-state index is -0.336. The topological polar surface area (TPSA) is 62.1 Å². The molecule has 0 aromatic heterocycles. The van der Waals surface area contributed by atoms with E-state index in [4.69, 9.17) is 21.6 Å². The molecule has 21 heavy (non-hydrogen) atoms. The summed E-state index contributed by atoms with van der Waals surface area (Å²) in [6.07, 6.45) is 0. The van der Waals surface area contributed by atoms with E-state index in [1.54, 1.807) is 37.4 Å². The van der Waals surface area contributed by atoms with Crippen LogP contribution in [0.2, 0.25) is 5.02 Å². The molecule has 0 aliphatic heterocycles. The molecule has 2 aromatic rings. The van der Waals surface area contributed by atoms with Crippen LogP contribution in [0, 0.1) is 11.3 Å². The lowest BCUT2D eigenvalue weighted by Crippen LogP contribution is -2.13.